The zero-order chi connectivity index (χ0) is 45.2. The minimum absolute atomic E-state index is 0.0721. The minimum Gasteiger partial charge on any atom is -0.469 e. The summed E-state index contributed by atoms with van der Waals surface area (Å²) in [7, 11) is 2.55. The van der Waals surface area contributed by atoms with Crippen molar-refractivity contribution in [3.05, 3.63) is 79.6 Å². The van der Waals surface area contributed by atoms with Crippen molar-refractivity contribution in [3.8, 4) is 0 Å². The van der Waals surface area contributed by atoms with E-state index in [1.807, 2.05) is 5.48 Å². The number of esters is 2. The second-order valence-electron chi connectivity index (χ2n) is 12.1. The molecule has 4 rings (SSSR count). The highest BCUT2D eigenvalue weighted by Gasteiger charge is 2.27. The fraction of sp³-hybridized carbons (Fsp3) is 0.344. The Morgan fingerprint density at radius 1 is 0.917 bits per heavy atom. The number of halogens is 4. The van der Waals surface area contributed by atoms with Crippen molar-refractivity contribution in [1.29, 1.82) is 0 Å². The zero-order valence-corrected chi connectivity index (χ0v) is 35.2. The number of ether oxygens (including phenoxy) is 3. The van der Waals surface area contributed by atoms with Crippen molar-refractivity contribution in [2.75, 3.05) is 25.7 Å². The number of rotatable bonds is 12. The van der Waals surface area contributed by atoms with Crippen LogP contribution in [0.2, 0.25) is 10.0 Å². The lowest BCUT2D eigenvalue weighted by atomic mass is 10.2. The number of carbonyl (C=O) groups excluding carboxylic acids is 3. The van der Waals surface area contributed by atoms with E-state index in [1.165, 1.54) is 44.2 Å². The number of benzene rings is 2. The number of aromatic nitrogens is 4. The Labute approximate surface area is 357 Å². The second-order valence-corrected chi connectivity index (χ2v) is 14.3. The van der Waals surface area contributed by atoms with E-state index in [0.29, 0.717) is 10.8 Å². The van der Waals surface area contributed by atoms with Crippen LogP contribution in [0.3, 0.4) is 0 Å². The number of hydrogen-bond acceptors (Lipinski definition) is 20. The Bertz CT molecular complexity index is 2160. The first kappa shape index (κ1) is 50.5. The van der Waals surface area contributed by atoms with Crippen LogP contribution in [0.25, 0.3) is 0 Å². The number of nitrogens with zero attached hydrogens (tertiary/aromatic N) is 7. The third kappa shape index (κ3) is 16.2. The Balaban J connectivity index is 0.000000321. The lowest BCUT2D eigenvalue weighted by Crippen LogP contribution is -2.45. The molecule has 0 radical (unpaired) electrons. The highest BCUT2D eigenvalue weighted by Crippen LogP contribution is 2.26. The number of methoxy groups -OCH3 is 2. The van der Waals surface area contributed by atoms with Gasteiger partial charge in [-0.15, -0.1) is 4.63 Å². The molecule has 0 aliphatic heterocycles. The molecule has 1 amide bonds. The highest BCUT2D eigenvalue weighted by atomic mass is 35.5. The number of hydrogen-bond donors (Lipinski definition) is 6. The molecule has 2 atom stereocenters. The summed E-state index contributed by atoms with van der Waals surface area (Å²) in [6.45, 7) is 6.91. The Morgan fingerprint density at radius 3 is 1.87 bits per heavy atom. The van der Waals surface area contributed by atoms with Gasteiger partial charge in [0.05, 0.1) is 41.6 Å². The van der Waals surface area contributed by atoms with Gasteiger partial charge in [0.25, 0.3) is 5.69 Å². The molecule has 0 bridgehead atoms. The molecule has 2 heterocycles. The molecule has 0 unspecified atom stereocenters. The summed E-state index contributed by atoms with van der Waals surface area (Å²) >= 11 is 16.4. The molecular formula is C32H36Cl2F2N10O12S2. The zero-order valence-electron chi connectivity index (χ0n) is 32.0. The standard InChI is InChI=1S/C14H14ClFN4O4S.C9H5ClFN5O4.C9H17NO4S/c1-7(14(21)23-2)6-25-13-11(19-24-20-13)12(18-22)17-8-3-4-10(16)9(15)5-8;10-5-3-4(1-2-6(5)11)12-8(13-17)7-9(16(18)19)15-20-14-7;1-9(2,3)14-8(12)10-6(5-15)7(11)13-4/h3-5,7,22H,6H2,1-2H3,(H,17,18);1-3,17H,(H,12,13);6,15H,5H2,1-4H3,(H,10,12)/t7-;;6-/m0.0/s1. The normalized spacial score (nSPS) is 12.3. The Hall–Kier alpha value is -5.67. The molecule has 326 valence electrons. The van der Waals surface area contributed by atoms with Gasteiger partial charge in [-0.2, -0.15) is 12.6 Å². The van der Waals surface area contributed by atoms with Gasteiger partial charge in [0.1, 0.15) is 23.3 Å². The number of thioether (sulfide) groups is 1. The molecule has 0 saturated carbocycles. The van der Waals surface area contributed by atoms with Gasteiger partial charge < -0.3 is 29.6 Å². The SMILES string of the molecule is COC(=O)[C@@H](C)CSc1nonc1C(=Nc1ccc(F)c(Cl)c1)NO.COC(=O)[C@H](CS)NC(=O)OC(C)(C)C.O=[N+]([O-])c1nonc1C(=Nc1ccc(F)c(Cl)c1)NO. The van der Waals surface area contributed by atoms with Crippen LogP contribution in [0, 0.1) is 27.7 Å². The van der Waals surface area contributed by atoms with Gasteiger partial charge in [-0.25, -0.2) is 38.5 Å². The van der Waals surface area contributed by atoms with Crippen LogP contribution in [0.5, 0.6) is 0 Å². The number of alkyl carbamates (subject to hydrolysis) is 1. The van der Waals surface area contributed by atoms with Gasteiger partial charge >= 0.3 is 23.8 Å². The summed E-state index contributed by atoms with van der Waals surface area (Å²) in [5.41, 5.74) is 3.05. The Morgan fingerprint density at radius 2 is 1.42 bits per heavy atom. The molecule has 60 heavy (non-hydrogen) atoms. The molecule has 0 spiro atoms. The van der Waals surface area contributed by atoms with Crippen LogP contribution >= 0.6 is 47.6 Å². The highest BCUT2D eigenvalue weighted by molar-refractivity contribution is 7.99. The van der Waals surface area contributed by atoms with E-state index in [2.05, 4.69) is 67.3 Å². The van der Waals surface area contributed by atoms with Crippen LogP contribution in [0.1, 0.15) is 39.1 Å². The summed E-state index contributed by atoms with van der Waals surface area (Å²) in [6, 6.07) is 6.47. The van der Waals surface area contributed by atoms with Gasteiger partial charge in [0.2, 0.25) is 0 Å². The third-order valence-electron chi connectivity index (χ3n) is 6.48. The van der Waals surface area contributed by atoms with Crippen LogP contribution in [-0.4, -0.2) is 103 Å². The molecular weight excluding hydrogens is 889 g/mol. The maximum atomic E-state index is 13.2. The fourth-order valence-electron chi connectivity index (χ4n) is 3.75. The summed E-state index contributed by atoms with van der Waals surface area (Å²) in [5.74, 6) is -3.22. The van der Waals surface area contributed by atoms with Gasteiger partial charge in [-0.1, -0.05) is 41.9 Å². The molecule has 22 nitrogen and oxygen atoms in total. The fourth-order valence-corrected chi connectivity index (χ4v) is 5.24. The monoisotopic (exact) mass is 924 g/mol. The molecule has 0 aliphatic carbocycles. The third-order valence-corrected chi connectivity index (χ3v) is 8.64. The number of amides is 1. The van der Waals surface area contributed by atoms with Gasteiger partial charge in [-0.05, 0) is 77.6 Å². The van der Waals surface area contributed by atoms with Gasteiger partial charge in [-0.3, -0.25) is 20.7 Å². The largest absolute Gasteiger partial charge is 0.469 e. The molecule has 0 fully saturated rings. The summed E-state index contributed by atoms with van der Waals surface area (Å²) < 4.78 is 49.2. The van der Waals surface area contributed by atoms with E-state index in [1.54, 1.807) is 33.2 Å². The Kier molecular flexibility index (Phi) is 20.5. The second kappa shape index (κ2) is 24.4. The van der Waals surface area contributed by atoms with E-state index >= 15 is 0 Å². The molecule has 2 aromatic carbocycles. The average molecular weight is 926 g/mol. The summed E-state index contributed by atoms with van der Waals surface area (Å²) in [6.07, 6.45) is -0.660. The molecule has 0 saturated heterocycles. The van der Waals surface area contributed by atoms with Gasteiger partial charge in [0.15, 0.2) is 27.5 Å². The number of carbonyl (C=O) groups is 3. The number of nitro groups is 1. The maximum absolute atomic E-state index is 13.2. The number of amidine groups is 2. The van der Waals surface area contributed by atoms with Crippen molar-refractivity contribution in [2.24, 2.45) is 15.9 Å². The first-order valence-corrected chi connectivity index (χ1v) is 18.7. The smallest absolute Gasteiger partial charge is 0.445 e. The van der Waals surface area contributed by atoms with Crippen molar-refractivity contribution >= 4 is 94.5 Å². The number of nitrogens with one attached hydrogen (secondary N) is 3. The van der Waals surface area contributed by atoms with Crippen molar-refractivity contribution < 1.29 is 62.0 Å². The number of thiol groups is 1. The van der Waals surface area contributed by atoms with Crippen molar-refractivity contribution in [3.63, 3.8) is 0 Å². The van der Waals surface area contributed by atoms with Crippen LogP contribution in [0.15, 0.2) is 60.7 Å². The minimum atomic E-state index is -0.865. The molecule has 0 aliphatic rings. The quantitative estimate of drug-likeness (QED) is 0.0147. The predicted octanol–water partition coefficient (Wildman–Crippen LogP) is 5.63. The van der Waals surface area contributed by atoms with E-state index in [4.69, 9.17) is 33.1 Å². The summed E-state index contributed by atoms with van der Waals surface area (Å²) in [4.78, 5) is 51.5. The first-order chi connectivity index (χ1) is 28.3. The topological polar surface area (TPSA) is 301 Å². The maximum Gasteiger partial charge on any atom is 0.445 e. The first-order valence-electron chi connectivity index (χ1n) is 16.4. The number of hydroxylamine groups is 2. The van der Waals surface area contributed by atoms with E-state index < -0.39 is 57.6 Å². The van der Waals surface area contributed by atoms with Crippen LogP contribution < -0.4 is 16.3 Å². The van der Waals surface area contributed by atoms with Crippen LogP contribution in [-0.2, 0) is 23.8 Å². The van der Waals surface area contributed by atoms with E-state index in [-0.39, 0.29) is 50.6 Å². The molecule has 2 aromatic heterocycles. The molecule has 28 heteroatoms. The summed E-state index contributed by atoms with van der Waals surface area (Å²) in [5, 5.41) is 45.0. The molecule has 5 N–H and O–H groups in total. The predicted molar refractivity (Wildman–Crippen MR) is 211 cm³/mol. The van der Waals surface area contributed by atoms with E-state index in [9.17, 15) is 38.5 Å². The van der Waals surface area contributed by atoms with Crippen molar-refractivity contribution in [2.45, 2.75) is 44.4 Å². The van der Waals surface area contributed by atoms with Crippen LogP contribution in [0.4, 0.5) is 30.8 Å². The molecule has 4 aromatic rings. The van der Waals surface area contributed by atoms with E-state index in [0.717, 1.165) is 18.2 Å². The van der Waals surface area contributed by atoms with Gasteiger partial charge in [0, 0.05) is 11.5 Å². The number of aliphatic imine (C=N–C) groups is 2. The van der Waals surface area contributed by atoms with Crippen molar-refractivity contribution in [1.82, 2.24) is 36.9 Å². The lowest BCUT2D eigenvalue weighted by molar-refractivity contribution is -0.391. The average Bonchev–Trinajstić information content (AvgIpc) is 3.90. The lowest BCUT2D eigenvalue weighted by Gasteiger charge is -2.21.